The summed E-state index contributed by atoms with van der Waals surface area (Å²) in [4.78, 5) is 14.7. The van der Waals surface area contributed by atoms with Gasteiger partial charge in [-0.1, -0.05) is 6.42 Å². The number of amides is 1. The third-order valence-electron chi connectivity index (χ3n) is 5.39. The van der Waals surface area contributed by atoms with Gasteiger partial charge in [0, 0.05) is 30.9 Å². The molecule has 1 fully saturated rings. The molecule has 1 saturated carbocycles. The molecule has 1 amide bonds. The van der Waals surface area contributed by atoms with Gasteiger partial charge in [-0.25, -0.2) is 0 Å². The highest BCUT2D eigenvalue weighted by molar-refractivity contribution is 5.77. The van der Waals surface area contributed by atoms with Crippen LogP contribution >= 0.6 is 0 Å². The van der Waals surface area contributed by atoms with E-state index in [0.29, 0.717) is 13.0 Å². The van der Waals surface area contributed by atoms with Crippen LogP contribution in [0.15, 0.2) is 12.1 Å². The zero-order chi connectivity index (χ0) is 14.3. The number of aryl methyl sites for hydroxylation is 1. The minimum absolute atomic E-state index is 0.103. The number of fused-ring (bicyclic) bond motifs is 1. The largest absolute Gasteiger partial charge is 0.345 e. The van der Waals surface area contributed by atoms with Crippen molar-refractivity contribution in [2.45, 2.75) is 52.1 Å². The predicted molar refractivity (Wildman–Crippen MR) is 79.3 cm³/mol. The van der Waals surface area contributed by atoms with Gasteiger partial charge < -0.3 is 15.2 Å². The van der Waals surface area contributed by atoms with Crippen LogP contribution in [0.4, 0.5) is 0 Å². The molecule has 0 bridgehead atoms. The number of hydrogen-bond acceptors (Lipinski definition) is 2. The fourth-order valence-electron chi connectivity index (χ4n) is 3.71. The molecular formula is C16H25N3O. The predicted octanol–water partition coefficient (Wildman–Crippen LogP) is 2.22. The Morgan fingerprint density at radius 1 is 1.40 bits per heavy atom. The molecule has 2 heterocycles. The van der Waals surface area contributed by atoms with Crippen molar-refractivity contribution in [1.29, 1.82) is 0 Å². The fourth-order valence-corrected chi connectivity index (χ4v) is 3.71. The summed E-state index contributed by atoms with van der Waals surface area (Å²) in [6.07, 6.45) is 4.09. The van der Waals surface area contributed by atoms with Gasteiger partial charge >= 0.3 is 0 Å². The molecule has 0 spiro atoms. The molecule has 4 nitrogen and oxygen atoms in total. The third-order valence-corrected chi connectivity index (χ3v) is 5.39. The van der Waals surface area contributed by atoms with Crippen molar-refractivity contribution >= 4 is 5.91 Å². The second-order valence-corrected chi connectivity index (χ2v) is 6.55. The molecule has 0 saturated heterocycles. The van der Waals surface area contributed by atoms with Crippen LogP contribution in [0, 0.1) is 12.3 Å². The maximum absolute atomic E-state index is 12.7. The minimum Gasteiger partial charge on any atom is -0.345 e. The first-order valence-corrected chi connectivity index (χ1v) is 7.72. The lowest BCUT2D eigenvalue weighted by Crippen LogP contribution is -2.46. The zero-order valence-electron chi connectivity index (χ0n) is 12.6. The Bertz CT molecular complexity index is 510. The Morgan fingerprint density at radius 2 is 2.15 bits per heavy atom. The van der Waals surface area contributed by atoms with Gasteiger partial charge in [0.05, 0.1) is 6.04 Å². The molecule has 1 aromatic heterocycles. The molecule has 0 radical (unpaired) electrons. The van der Waals surface area contributed by atoms with Crippen molar-refractivity contribution < 1.29 is 4.79 Å². The molecule has 4 heteroatoms. The zero-order valence-corrected chi connectivity index (χ0v) is 12.6. The van der Waals surface area contributed by atoms with Gasteiger partial charge in [-0.15, -0.1) is 0 Å². The van der Waals surface area contributed by atoms with Crippen LogP contribution in [-0.2, 0) is 11.3 Å². The molecule has 1 atom stereocenters. The summed E-state index contributed by atoms with van der Waals surface area (Å²) in [7, 11) is 0. The molecule has 20 heavy (non-hydrogen) atoms. The topological polar surface area (TPSA) is 51.3 Å². The first-order chi connectivity index (χ1) is 9.56. The lowest BCUT2D eigenvalue weighted by molar-refractivity contribution is -0.138. The van der Waals surface area contributed by atoms with Crippen molar-refractivity contribution in [2.75, 3.05) is 13.1 Å². The lowest BCUT2D eigenvalue weighted by Gasteiger charge is -2.43. The van der Waals surface area contributed by atoms with Crippen LogP contribution in [0.1, 0.15) is 50.0 Å². The van der Waals surface area contributed by atoms with Crippen molar-refractivity contribution in [2.24, 2.45) is 11.1 Å². The van der Waals surface area contributed by atoms with E-state index in [4.69, 9.17) is 5.73 Å². The quantitative estimate of drug-likeness (QED) is 0.919. The molecule has 3 rings (SSSR count). The first kappa shape index (κ1) is 13.7. The van der Waals surface area contributed by atoms with Crippen LogP contribution in [0.2, 0.25) is 0 Å². The summed E-state index contributed by atoms with van der Waals surface area (Å²) >= 11 is 0. The molecule has 0 aromatic carbocycles. The van der Waals surface area contributed by atoms with Gasteiger partial charge in [0.25, 0.3) is 0 Å². The summed E-state index contributed by atoms with van der Waals surface area (Å²) in [6.45, 7) is 6.66. The molecule has 1 aliphatic carbocycles. The maximum atomic E-state index is 12.7. The van der Waals surface area contributed by atoms with E-state index >= 15 is 0 Å². The number of hydrogen-bond donors (Lipinski definition) is 1. The number of nitrogens with two attached hydrogens (primary N) is 1. The number of carbonyl (C=O) groups is 1. The smallest absolute Gasteiger partial charge is 0.223 e. The van der Waals surface area contributed by atoms with E-state index in [1.54, 1.807) is 0 Å². The second kappa shape index (κ2) is 4.92. The van der Waals surface area contributed by atoms with Crippen LogP contribution in [0.3, 0.4) is 0 Å². The normalized spacial score (nSPS) is 24.1. The van der Waals surface area contributed by atoms with Crippen LogP contribution in [-0.4, -0.2) is 28.5 Å². The summed E-state index contributed by atoms with van der Waals surface area (Å²) in [5.74, 6) is 0.285. The fraction of sp³-hybridized carbons (Fsp3) is 0.688. The molecule has 2 aliphatic rings. The van der Waals surface area contributed by atoms with E-state index < -0.39 is 0 Å². The standard InChI is InChI=1S/C16H25N3O/c1-12-4-5-14-13(2)19(9-8-18(12)14)15(20)10-16(11-17)6-3-7-16/h4-5,13H,3,6-11,17H2,1-2H3. The van der Waals surface area contributed by atoms with E-state index in [0.717, 1.165) is 25.9 Å². The van der Waals surface area contributed by atoms with Crippen LogP contribution in [0.25, 0.3) is 0 Å². The van der Waals surface area contributed by atoms with Crippen molar-refractivity contribution in [3.05, 3.63) is 23.5 Å². The molecule has 1 unspecified atom stereocenters. The van der Waals surface area contributed by atoms with Gasteiger partial charge in [-0.2, -0.15) is 0 Å². The Morgan fingerprint density at radius 3 is 2.75 bits per heavy atom. The van der Waals surface area contributed by atoms with Crippen LogP contribution in [0.5, 0.6) is 0 Å². The Labute approximate surface area is 120 Å². The van der Waals surface area contributed by atoms with Crippen molar-refractivity contribution in [3.8, 4) is 0 Å². The summed E-state index contributed by atoms with van der Waals surface area (Å²) in [6, 6.07) is 4.48. The van der Waals surface area contributed by atoms with Crippen molar-refractivity contribution in [3.63, 3.8) is 0 Å². The lowest BCUT2D eigenvalue weighted by atomic mass is 9.66. The average molecular weight is 275 g/mol. The highest BCUT2D eigenvalue weighted by Gasteiger charge is 2.40. The third kappa shape index (κ3) is 2.06. The molecule has 2 N–H and O–H groups in total. The number of carbonyl (C=O) groups excluding carboxylic acids is 1. The highest BCUT2D eigenvalue weighted by atomic mass is 16.2. The minimum atomic E-state index is 0.103. The first-order valence-electron chi connectivity index (χ1n) is 7.72. The number of nitrogens with zero attached hydrogens (tertiary/aromatic N) is 2. The van der Waals surface area contributed by atoms with E-state index in [1.165, 1.54) is 17.8 Å². The van der Waals surface area contributed by atoms with Gasteiger partial charge in [-0.3, -0.25) is 4.79 Å². The summed E-state index contributed by atoms with van der Waals surface area (Å²) < 4.78 is 2.33. The monoisotopic (exact) mass is 275 g/mol. The maximum Gasteiger partial charge on any atom is 0.223 e. The van der Waals surface area contributed by atoms with E-state index in [9.17, 15) is 4.79 Å². The van der Waals surface area contributed by atoms with Gasteiger partial charge in [-0.05, 0) is 50.8 Å². The van der Waals surface area contributed by atoms with E-state index in [-0.39, 0.29) is 17.4 Å². The van der Waals surface area contributed by atoms with Crippen LogP contribution < -0.4 is 5.73 Å². The van der Waals surface area contributed by atoms with Gasteiger partial charge in [0.2, 0.25) is 5.91 Å². The van der Waals surface area contributed by atoms with Gasteiger partial charge in [0.1, 0.15) is 0 Å². The second-order valence-electron chi connectivity index (χ2n) is 6.55. The van der Waals surface area contributed by atoms with Crippen molar-refractivity contribution in [1.82, 2.24) is 9.47 Å². The SMILES string of the molecule is Cc1ccc2n1CCN(C(=O)CC1(CN)CCC1)C2C. The highest BCUT2D eigenvalue weighted by Crippen LogP contribution is 2.44. The molecule has 1 aromatic rings. The Kier molecular flexibility index (Phi) is 3.36. The number of rotatable bonds is 3. The Hall–Kier alpha value is -1.29. The molecule has 110 valence electrons. The molecule has 1 aliphatic heterocycles. The summed E-state index contributed by atoms with van der Waals surface area (Å²) in [5, 5.41) is 0. The average Bonchev–Trinajstić information content (AvgIpc) is 2.77. The number of aromatic nitrogens is 1. The van der Waals surface area contributed by atoms with E-state index in [1.807, 2.05) is 4.90 Å². The van der Waals surface area contributed by atoms with Gasteiger partial charge in [0.15, 0.2) is 0 Å². The Balaban J connectivity index is 1.73. The summed E-state index contributed by atoms with van der Waals surface area (Å²) in [5.41, 5.74) is 8.54. The molecular weight excluding hydrogens is 250 g/mol. The van der Waals surface area contributed by atoms with E-state index in [2.05, 4.69) is 30.5 Å².